The molecule has 0 atom stereocenters. The van der Waals surface area contributed by atoms with Crippen LogP contribution >= 0.6 is 0 Å². The second-order valence-corrected chi connectivity index (χ2v) is 15.0. The summed E-state index contributed by atoms with van der Waals surface area (Å²) in [6.07, 6.45) is 7.74. The number of carbonyl (C=O) groups is 1. The Morgan fingerprint density at radius 2 is 1.69 bits per heavy atom. The molecule has 1 saturated heterocycles. The van der Waals surface area contributed by atoms with Gasteiger partial charge in [-0.25, -0.2) is 27.2 Å². The van der Waals surface area contributed by atoms with Gasteiger partial charge in [-0.15, -0.1) is 0 Å². The van der Waals surface area contributed by atoms with Gasteiger partial charge in [0.2, 0.25) is 0 Å². The third-order valence-electron chi connectivity index (χ3n) is 9.40. The molecule has 55 heavy (non-hydrogen) atoms. The van der Waals surface area contributed by atoms with E-state index >= 15 is 0 Å². The average molecular weight is 765 g/mol. The van der Waals surface area contributed by atoms with Gasteiger partial charge in [-0.05, 0) is 68.3 Å². The standard InChI is InChI=1S/C40H40N6O8S/c1-26-7-10-31(11-8-26)55(49,50)46-18-15-32-34(25-44(2)39(47)38(32)46)33-21-27(41)9-12-36(33)54-30-6-4-5-29(22-30)53-20-19-52-28-13-16-45(17-14-28)37-24-42-35(23-43-37)40(48)51-3/h4-12,15,18,21-25,28H,13-14,16-17,19-20,41H2,1-3H3. The van der Waals surface area contributed by atoms with Crippen LogP contribution in [0.2, 0.25) is 0 Å². The highest BCUT2D eigenvalue weighted by molar-refractivity contribution is 7.90. The summed E-state index contributed by atoms with van der Waals surface area (Å²) in [5, 5.41) is 0.431. The van der Waals surface area contributed by atoms with Crippen molar-refractivity contribution in [3.8, 4) is 28.4 Å². The first-order valence-corrected chi connectivity index (χ1v) is 19.1. The smallest absolute Gasteiger partial charge is 0.358 e. The molecule has 6 aromatic rings. The van der Waals surface area contributed by atoms with Gasteiger partial charge in [-0.3, -0.25) is 4.79 Å². The van der Waals surface area contributed by atoms with E-state index in [2.05, 4.69) is 19.6 Å². The third-order valence-corrected chi connectivity index (χ3v) is 11.1. The first-order chi connectivity index (χ1) is 26.5. The van der Waals surface area contributed by atoms with Gasteiger partial charge in [-0.1, -0.05) is 23.8 Å². The van der Waals surface area contributed by atoms with E-state index in [0.29, 0.717) is 58.5 Å². The van der Waals surface area contributed by atoms with Crippen molar-refractivity contribution in [2.45, 2.75) is 30.8 Å². The number of nitrogen functional groups attached to an aromatic ring is 1. The normalized spacial score (nSPS) is 13.5. The molecule has 15 heteroatoms. The quantitative estimate of drug-likeness (QED) is 0.0936. The molecule has 4 heterocycles. The van der Waals surface area contributed by atoms with Gasteiger partial charge in [0, 0.05) is 60.8 Å². The molecule has 1 aliphatic rings. The van der Waals surface area contributed by atoms with Crippen LogP contribution in [-0.4, -0.2) is 72.4 Å². The van der Waals surface area contributed by atoms with E-state index in [1.54, 1.807) is 68.0 Å². The molecule has 0 amide bonds. The number of nitrogens with two attached hydrogens (primary N) is 1. The Morgan fingerprint density at radius 3 is 2.42 bits per heavy atom. The van der Waals surface area contributed by atoms with Gasteiger partial charge in [0.05, 0.1) is 37.1 Å². The minimum atomic E-state index is -4.08. The van der Waals surface area contributed by atoms with Gasteiger partial charge in [0.25, 0.3) is 15.6 Å². The molecule has 0 radical (unpaired) electrons. The number of carbonyl (C=O) groups excluding carboxylic acids is 1. The molecular formula is C40H40N6O8S. The Kier molecular flexibility index (Phi) is 10.6. The van der Waals surface area contributed by atoms with Crippen molar-refractivity contribution in [2.75, 3.05) is 44.0 Å². The fraction of sp³-hybridized carbons (Fsp3) is 0.250. The summed E-state index contributed by atoms with van der Waals surface area (Å²) in [6, 6.07) is 20.5. The SMILES string of the molecule is COC(=O)c1cnc(N2CCC(OCCOc3cccc(Oc4ccc(N)cc4-c4cn(C)c(=O)c5c4ccn5S(=O)(=O)c4ccc(C)cc4)c3)CC2)cn1. The average Bonchev–Trinajstić information content (AvgIpc) is 3.66. The van der Waals surface area contributed by atoms with Gasteiger partial charge < -0.3 is 34.1 Å². The summed E-state index contributed by atoms with van der Waals surface area (Å²) < 4.78 is 53.0. The second kappa shape index (κ2) is 15.7. The molecule has 0 spiro atoms. The molecule has 0 unspecified atom stereocenters. The van der Waals surface area contributed by atoms with E-state index in [9.17, 15) is 18.0 Å². The third kappa shape index (κ3) is 7.88. The van der Waals surface area contributed by atoms with E-state index in [-0.39, 0.29) is 22.2 Å². The summed E-state index contributed by atoms with van der Waals surface area (Å²) in [4.78, 5) is 35.8. The fourth-order valence-corrected chi connectivity index (χ4v) is 7.84. The lowest BCUT2D eigenvalue weighted by molar-refractivity contribution is 0.0202. The molecule has 14 nitrogen and oxygen atoms in total. The number of esters is 1. The molecule has 0 saturated carbocycles. The lowest BCUT2D eigenvalue weighted by Crippen LogP contribution is -2.38. The number of piperidine rings is 1. The van der Waals surface area contributed by atoms with Crippen LogP contribution in [0.25, 0.3) is 22.0 Å². The molecule has 0 aliphatic carbocycles. The Balaban J connectivity index is 1.02. The number of methoxy groups -OCH3 is 1. The summed E-state index contributed by atoms with van der Waals surface area (Å²) in [6.45, 7) is 4.08. The van der Waals surface area contributed by atoms with Crippen LogP contribution in [0.15, 0.2) is 107 Å². The van der Waals surface area contributed by atoms with Crippen molar-refractivity contribution in [2.24, 2.45) is 7.05 Å². The van der Waals surface area contributed by atoms with Gasteiger partial charge >= 0.3 is 5.97 Å². The van der Waals surface area contributed by atoms with E-state index in [1.165, 1.54) is 36.2 Å². The zero-order chi connectivity index (χ0) is 38.7. The molecule has 284 valence electrons. The van der Waals surface area contributed by atoms with Crippen LogP contribution in [-0.2, 0) is 26.5 Å². The maximum Gasteiger partial charge on any atom is 0.358 e. The molecule has 3 aromatic heterocycles. The number of nitrogens with zero attached hydrogens (tertiary/aromatic N) is 5. The van der Waals surface area contributed by atoms with Gasteiger partial charge in [-0.2, -0.15) is 0 Å². The summed E-state index contributed by atoms with van der Waals surface area (Å²) in [5.74, 6) is 1.71. The summed E-state index contributed by atoms with van der Waals surface area (Å²) in [7, 11) is -1.19. The number of benzene rings is 3. The zero-order valence-electron chi connectivity index (χ0n) is 30.5. The molecule has 0 bridgehead atoms. The molecule has 1 fully saturated rings. The van der Waals surface area contributed by atoms with Gasteiger partial charge in [0.15, 0.2) is 5.69 Å². The fourth-order valence-electron chi connectivity index (χ4n) is 6.49. The largest absolute Gasteiger partial charge is 0.491 e. The highest BCUT2D eigenvalue weighted by Gasteiger charge is 2.25. The zero-order valence-corrected chi connectivity index (χ0v) is 31.4. The summed E-state index contributed by atoms with van der Waals surface area (Å²) in [5.41, 5.74) is 8.48. The molecule has 7 rings (SSSR count). The minimum Gasteiger partial charge on any atom is -0.491 e. The van der Waals surface area contributed by atoms with Crippen LogP contribution < -0.4 is 25.7 Å². The first-order valence-electron chi connectivity index (χ1n) is 17.6. The number of anilines is 2. The van der Waals surface area contributed by atoms with Crippen molar-refractivity contribution >= 4 is 38.4 Å². The lowest BCUT2D eigenvalue weighted by atomic mass is 10.0. The van der Waals surface area contributed by atoms with E-state index in [0.717, 1.165) is 35.5 Å². The summed E-state index contributed by atoms with van der Waals surface area (Å²) >= 11 is 0. The van der Waals surface area contributed by atoms with Crippen LogP contribution in [0.3, 0.4) is 0 Å². The Labute approximate surface area is 317 Å². The van der Waals surface area contributed by atoms with Crippen molar-refractivity contribution in [3.63, 3.8) is 0 Å². The highest BCUT2D eigenvalue weighted by atomic mass is 32.2. The maximum atomic E-state index is 13.7. The highest BCUT2D eigenvalue weighted by Crippen LogP contribution is 2.39. The van der Waals surface area contributed by atoms with Crippen molar-refractivity contribution in [1.82, 2.24) is 18.5 Å². The number of ether oxygens (including phenoxy) is 4. The number of hydrogen-bond donors (Lipinski definition) is 1. The topological polar surface area (TPSA) is 170 Å². The first kappa shape index (κ1) is 37.1. The molecule has 2 N–H and O–H groups in total. The second-order valence-electron chi connectivity index (χ2n) is 13.1. The monoisotopic (exact) mass is 764 g/mol. The molecule has 1 aliphatic heterocycles. The number of aryl methyl sites for hydroxylation is 2. The predicted molar refractivity (Wildman–Crippen MR) is 207 cm³/mol. The predicted octanol–water partition coefficient (Wildman–Crippen LogP) is 5.57. The van der Waals surface area contributed by atoms with Crippen LogP contribution in [0.5, 0.6) is 17.2 Å². The molecule has 3 aromatic carbocycles. The number of rotatable bonds is 12. The van der Waals surface area contributed by atoms with E-state index in [4.69, 9.17) is 19.9 Å². The Bertz CT molecular complexity index is 2510. The number of hydrogen-bond acceptors (Lipinski definition) is 12. The maximum absolute atomic E-state index is 13.7. The van der Waals surface area contributed by atoms with Crippen LogP contribution in [0, 0.1) is 6.92 Å². The van der Waals surface area contributed by atoms with Crippen molar-refractivity contribution in [1.29, 1.82) is 0 Å². The van der Waals surface area contributed by atoms with Crippen molar-refractivity contribution < 1.29 is 32.2 Å². The number of pyridine rings is 1. The van der Waals surface area contributed by atoms with E-state index < -0.39 is 21.6 Å². The minimum absolute atomic E-state index is 0.0122. The van der Waals surface area contributed by atoms with Gasteiger partial charge in [0.1, 0.15) is 35.2 Å². The van der Waals surface area contributed by atoms with Crippen LogP contribution in [0.1, 0.15) is 28.9 Å². The number of aromatic nitrogens is 4. The Hall–Kier alpha value is -6.19. The Morgan fingerprint density at radius 1 is 0.927 bits per heavy atom. The van der Waals surface area contributed by atoms with E-state index in [1.807, 2.05) is 19.1 Å². The number of fused-ring (bicyclic) bond motifs is 1. The van der Waals surface area contributed by atoms with Crippen LogP contribution in [0.4, 0.5) is 11.5 Å². The molecular weight excluding hydrogens is 725 g/mol. The lowest BCUT2D eigenvalue weighted by Gasteiger charge is -2.32. The van der Waals surface area contributed by atoms with Crippen molar-refractivity contribution in [3.05, 3.63) is 119 Å².